The molecule has 1 aliphatic heterocycles. The average molecular weight is 340 g/mol. The minimum atomic E-state index is -0.161. The highest BCUT2D eigenvalue weighted by Gasteiger charge is 2.16. The third-order valence-electron chi connectivity index (χ3n) is 4.44. The van der Waals surface area contributed by atoms with Crippen LogP contribution >= 0.6 is 0 Å². The molecule has 25 heavy (non-hydrogen) atoms. The summed E-state index contributed by atoms with van der Waals surface area (Å²) in [6.07, 6.45) is 6.13. The van der Waals surface area contributed by atoms with Gasteiger partial charge in [0.15, 0.2) is 0 Å². The maximum Gasteiger partial charge on any atom is 0.226 e. The molecule has 3 rings (SSSR count). The van der Waals surface area contributed by atoms with E-state index in [4.69, 9.17) is 0 Å². The van der Waals surface area contributed by atoms with E-state index in [1.807, 2.05) is 24.3 Å². The van der Waals surface area contributed by atoms with Crippen LogP contribution in [0.5, 0.6) is 0 Å². The second-order valence-corrected chi connectivity index (χ2v) is 6.32. The number of amides is 2. The Morgan fingerprint density at radius 2 is 1.96 bits per heavy atom. The van der Waals surface area contributed by atoms with Crippen LogP contribution in [-0.2, 0) is 29.0 Å². The van der Waals surface area contributed by atoms with Gasteiger partial charge in [0.05, 0.1) is 6.20 Å². The Bertz CT molecular complexity index is 767. The molecule has 2 N–H and O–H groups in total. The lowest BCUT2D eigenvalue weighted by Gasteiger charge is -2.16. The van der Waals surface area contributed by atoms with Crippen LogP contribution in [0.4, 0.5) is 11.5 Å². The molecule has 0 saturated carbocycles. The van der Waals surface area contributed by atoms with Gasteiger partial charge in [-0.2, -0.15) is 0 Å². The Labute approximate surface area is 147 Å². The summed E-state index contributed by atoms with van der Waals surface area (Å²) in [6, 6.07) is 7.76. The van der Waals surface area contributed by atoms with Gasteiger partial charge in [-0.1, -0.05) is 19.1 Å². The fourth-order valence-electron chi connectivity index (χ4n) is 3.04. The molecule has 6 heteroatoms. The molecule has 0 saturated heterocycles. The number of anilines is 2. The molecule has 1 aromatic carbocycles. The number of rotatable bonds is 6. The van der Waals surface area contributed by atoms with Crippen molar-refractivity contribution >= 4 is 23.3 Å². The van der Waals surface area contributed by atoms with E-state index in [9.17, 15) is 9.59 Å². The highest BCUT2D eigenvalue weighted by Crippen LogP contribution is 2.19. The van der Waals surface area contributed by atoms with E-state index in [2.05, 4.69) is 27.1 Å². The van der Waals surface area contributed by atoms with E-state index in [-0.39, 0.29) is 24.7 Å². The van der Waals surface area contributed by atoms with Gasteiger partial charge in [0.1, 0.15) is 11.6 Å². The molecule has 6 nitrogen and oxygen atoms in total. The fourth-order valence-corrected chi connectivity index (χ4v) is 3.04. The number of imidazole rings is 1. The van der Waals surface area contributed by atoms with Gasteiger partial charge >= 0.3 is 0 Å². The molecule has 0 spiro atoms. The van der Waals surface area contributed by atoms with Crippen molar-refractivity contribution in [2.45, 2.75) is 52.0 Å². The Morgan fingerprint density at radius 1 is 1.16 bits per heavy atom. The van der Waals surface area contributed by atoms with E-state index in [0.717, 1.165) is 49.6 Å². The Balaban J connectivity index is 1.48. The third-order valence-corrected chi connectivity index (χ3v) is 4.44. The SMILES string of the molecule is CCc1cccc(NC(=O)CCC(=O)Nc2cnc3n2CCCC3)c1. The topological polar surface area (TPSA) is 76.0 Å². The quantitative estimate of drug-likeness (QED) is 0.848. The summed E-state index contributed by atoms with van der Waals surface area (Å²) < 4.78 is 2.05. The second-order valence-electron chi connectivity index (χ2n) is 6.32. The van der Waals surface area contributed by atoms with E-state index in [0.29, 0.717) is 0 Å². The van der Waals surface area contributed by atoms with Crippen molar-refractivity contribution in [2.24, 2.45) is 0 Å². The summed E-state index contributed by atoms with van der Waals surface area (Å²) in [4.78, 5) is 28.5. The number of aryl methyl sites for hydroxylation is 2. The summed E-state index contributed by atoms with van der Waals surface area (Å²) >= 11 is 0. The number of carbonyl (C=O) groups excluding carboxylic acids is 2. The van der Waals surface area contributed by atoms with Crippen molar-refractivity contribution in [3.05, 3.63) is 41.9 Å². The molecule has 0 bridgehead atoms. The number of fused-ring (bicyclic) bond motifs is 1. The lowest BCUT2D eigenvalue weighted by molar-refractivity contribution is -0.121. The van der Waals surface area contributed by atoms with Crippen LogP contribution in [0.3, 0.4) is 0 Å². The number of nitrogens with zero attached hydrogens (tertiary/aromatic N) is 2. The molecule has 2 heterocycles. The minimum Gasteiger partial charge on any atom is -0.326 e. The van der Waals surface area contributed by atoms with Crippen molar-refractivity contribution in [3.63, 3.8) is 0 Å². The molecule has 1 aliphatic rings. The monoisotopic (exact) mass is 340 g/mol. The molecule has 132 valence electrons. The highest BCUT2D eigenvalue weighted by molar-refractivity contribution is 5.96. The maximum absolute atomic E-state index is 12.1. The summed E-state index contributed by atoms with van der Waals surface area (Å²) in [6.45, 7) is 2.96. The van der Waals surface area contributed by atoms with Crippen LogP contribution in [0.1, 0.15) is 44.0 Å². The van der Waals surface area contributed by atoms with Crippen LogP contribution in [-0.4, -0.2) is 21.4 Å². The van der Waals surface area contributed by atoms with Gasteiger partial charge in [-0.25, -0.2) is 4.98 Å². The third kappa shape index (κ3) is 4.47. The first-order valence-corrected chi connectivity index (χ1v) is 8.88. The van der Waals surface area contributed by atoms with Crippen LogP contribution in [0.2, 0.25) is 0 Å². The molecular weight excluding hydrogens is 316 g/mol. The molecule has 0 fully saturated rings. The zero-order valence-electron chi connectivity index (χ0n) is 14.5. The molecule has 2 amide bonds. The van der Waals surface area contributed by atoms with E-state index < -0.39 is 0 Å². The van der Waals surface area contributed by atoms with E-state index >= 15 is 0 Å². The molecule has 2 aromatic rings. The Hall–Kier alpha value is -2.63. The number of benzene rings is 1. The lowest BCUT2D eigenvalue weighted by Crippen LogP contribution is -2.20. The van der Waals surface area contributed by atoms with Gasteiger partial charge in [-0.15, -0.1) is 0 Å². The number of hydrogen-bond donors (Lipinski definition) is 2. The predicted molar refractivity (Wildman–Crippen MR) is 97.5 cm³/mol. The minimum absolute atomic E-state index is 0.153. The number of aromatic nitrogens is 2. The summed E-state index contributed by atoms with van der Waals surface area (Å²) in [5, 5.41) is 5.71. The smallest absolute Gasteiger partial charge is 0.226 e. The van der Waals surface area contributed by atoms with Gasteiger partial charge in [0.25, 0.3) is 0 Å². The second kappa shape index (κ2) is 7.96. The Morgan fingerprint density at radius 3 is 2.76 bits per heavy atom. The zero-order chi connectivity index (χ0) is 17.6. The molecule has 0 atom stereocenters. The van der Waals surface area contributed by atoms with Crippen molar-refractivity contribution in [1.82, 2.24) is 9.55 Å². The van der Waals surface area contributed by atoms with Crippen molar-refractivity contribution in [3.8, 4) is 0 Å². The van der Waals surface area contributed by atoms with Crippen LogP contribution in [0.15, 0.2) is 30.5 Å². The fraction of sp³-hybridized carbons (Fsp3) is 0.421. The van der Waals surface area contributed by atoms with Crippen LogP contribution < -0.4 is 10.6 Å². The van der Waals surface area contributed by atoms with Crippen LogP contribution in [0, 0.1) is 0 Å². The first kappa shape index (κ1) is 17.2. The van der Waals surface area contributed by atoms with Gasteiger partial charge in [-0.05, 0) is 37.0 Å². The molecule has 1 aromatic heterocycles. The first-order valence-electron chi connectivity index (χ1n) is 8.88. The van der Waals surface area contributed by atoms with Gasteiger partial charge in [0, 0.05) is 31.5 Å². The van der Waals surface area contributed by atoms with Gasteiger partial charge in [-0.3, -0.25) is 9.59 Å². The number of hydrogen-bond acceptors (Lipinski definition) is 3. The largest absolute Gasteiger partial charge is 0.326 e. The van der Waals surface area contributed by atoms with Crippen molar-refractivity contribution in [1.29, 1.82) is 0 Å². The molecule has 0 unspecified atom stereocenters. The molecule has 0 aliphatic carbocycles. The van der Waals surface area contributed by atoms with Crippen molar-refractivity contribution in [2.75, 3.05) is 10.6 Å². The maximum atomic E-state index is 12.1. The molecular formula is C19H24N4O2. The average Bonchev–Trinajstić information content (AvgIpc) is 3.03. The summed E-state index contributed by atoms with van der Waals surface area (Å²) in [5.41, 5.74) is 1.94. The van der Waals surface area contributed by atoms with Gasteiger partial charge in [0.2, 0.25) is 11.8 Å². The summed E-state index contributed by atoms with van der Waals surface area (Å²) in [5.74, 6) is 1.44. The normalized spacial score (nSPS) is 13.2. The predicted octanol–water partition coefficient (Wildman–Crippen LogP) is 3.14. The van der Waals surface area contributed by atoms with E-state index in [1.54, 1.807) is 6.20 Å². The summed E-state index contributed by atoms with van der Waals surface area (Å²) in [7, 11) is 0. The highest BCUT2D eigenvalue weighted by atomic mass is 16.2. The first-order chi connectivity index (χ1) is 12.2. The van der Waals surface area contributed by atoms with E-state index in [1.165, 1.54) is 5.56 Å². The Kier molecular flexibility index (Phi) is 5.48. The zero-order valence-corrected chi connectivity index (χ0v) is 14.5. The molecule has 0 radical (unpaired) electrons. The number of nitrogens with one attached hydrogen (secondary N) is 2. The van der Waals surface area contributed by atoms with Gasteiger partial charge < -0.3 is 15.2 Å². The van der Waals surface area contributed by atoms with Crippen molar-refractivity contribution < 1.29 is 9.59 Å². The van der Waals surface area contributed by atoms with Crippen LogP contribution in [0.25, 0.3) is 0 Å². The number of carbonyl (C=O) groups is 2. The lowest BCUT2D eigenvalue weighted by atomic mass is 10.1. The standard InChI is InChI=1S/C19H24N4O2/c1-2-14-6-5-7-15(12-14)21-18(24)9-10-19(25)22-17-13-20-16-8-3-4-11-23(16)17/h5-7,12-13H,2-4,8-11H2,1H3,(H,21,24)(H,22,25).